The van der Waals surface area contributed by atoms with E-state index in [0.29, 0.717) is 13.1 Å². The van der Waals surface area contributed by atoms with Crippen LogP contribution in [0.2, 0.25) is 0 Å². The van der Waals surface area contributed by atoms with Gasteiger partial charge in [0.25, 0.3) is 0 Å². The molecule has 0 radical (unpaired) electrons. The summed E-state index contributed by atoms with van der Waals surface area (Å²) in [5.74, 6) is -0.345. The van der Waals surface area contributed by atoms with Crippen LogP contribution in [-0.2, 0) is 0 Å². The molecule has 1 saturated heterocycles. The Hall–Kier alpha value is -1.62. The molecule has 1 aliphatic rings. The number of carbonyl (C=O) groups is 1. The van der Waals surface area contributed by atoms with E-state index in [1.54, 1.807) is 12.1 Å². The van der Waals surface area contributed by atoms with Gasteiger partial charge in [-0.1, -0.05) is 12.1 Å². The largest absolute Gasteiger partial charge is 0.465 e. The first kappa shape index (κ1) is 10.9. The van der Waals surface area contributed by atoms with Crippen molar-refractivity contribution in [1.29, 1.82) is 0 Å². The molecule has 2 rings (SSSR count). The van der Waals surface area contributed by atoms with E-state index < -0.39 is 6.09 Å². The molecule has 1 fully saturated rings. The fourth-order valence-electron chi connectivity index (χ4n) is 2.05. The van der Waals surface area contributed by atoms with Crippen molar-refractivity contribution in [2.45, 2.75) is 12.0 Å². The van der Waals surface area contributed by atoms with Gasteiger partial charge in [-0.3, -0.25) is 0 Å². The lowest BCUT2D eigenvalue weighted by Crippen LogP contribution is -2.31. The Morgan fingerprint density at radius 1 is 1.38 bits per heavy atom. The van der Waals surface area contributed by atoms with Gasteiger partial charge < -0.3 is 15.7 Å². The minimum atomic E-state index is -0.958. The first-order valence-corrected chi connectivity index (χ1v) is 5.07. The van der Waals surface area contributed by atoms with Gasteiger partial charge in [-0.25, -0.2) is 9.18 Å². The smallest absolute Gasteiger partial charge is 0.407 e. The number of amides is 1. The highest BCUT2D eigenvalue weighted by molar-refractivity contribution is 5.65. The van der Waals surface area contributed by atoms with Crippen LogP contribution >= 0.6 is 0 Å². The SMILES string of the molecule is N[C@H]1CN(C(=O)O)C[C@@H]1c1ccc(F)cc1. The summed E-state index contributed by atoms with van der Waals surface area (Å²) in [7, 11) is 0. The molecule has 1 aromatic rings. The molecule has 1 aromatic carbocycles. The lowest BCUT2D eigenvalue weighted by molar-refractivity contribution is 0.154. The summed E-state index contributed by atoms with van der Waals surface area (Å²) in [4.78, 5) is 12.1. The molecule has 0 saturated carbocycles. The zero-order valence-electron chi connectivity index (χ0n) is 8.64. The second-order valence-corrected chi connectivity index (χ2v) is 4.01. The van der Waals surface area contributed by atoms with E-state index >= 15 is 0 Å². The van der Waals surface area contributed by atoms with Gasteiger partial charge in [-0.2, -0.15) is 0 Å². The quantitative estimate of drug-likeness (QED) is 0.754. The predicted molar refractivity (Wildman–Crippen MR) is 56.7 cm³/mol. The molecule has 5 heteroatoms. The fraction of sp³-hybridized carbons (Fsp3) is 0.364. The maximum Gasteiger partial charge on any atom is 0.407 e. The maximum atomic E-state index is 12.7. The van der Waals surface area contributed by atoms with Crippen molar-refractivity contribution in [3.63, 3.8) is 0 Å². The van der Waals surface area contributed by atoms with E-state index in [9.17, 15) is 9.18 Å². The Morgan fingerprint density at radius 2 is 2.00 bits per heavy atom. The number of rotatable bonds is 1. The first-order chi connectivity index (χ1) is 7.58. The molecule has 0 spiro atoms. The summed E-state index contributed by atoms with van der Waals surface area (Å²) in [6.07, 6.45) is -0.958. The van der Waals surface area contributed by atoms with E-state index in [-0.39, 0.29) is 17.8 Å². The van der Waals surface area contributed by atoms with Crippen molar-refractivity contribution < 1.29 is 14.3 Å². The first-order valence-electron chi connectivity index (χ1n) is 5.07. The second-order valence-electron chi connectivity index (χ2n) is 4.01. The number of nitrogens with zero attached hydrogens (tertiary/aromatic N) is 1. The third kappa shape index (κ3) is 1.99. The molecule has 0 aliphatic carbocycles. The number of likely N-dealkylation sites (tertiary alicyclic amines) is 1. The molecule has 4 nitrogen and oxygen atoms in total. The zero-order valence-corrected chi connectivity index (χ0v) is 8.64. The molecular weight excluding hydrogens is 211 g/mol. The molecule has 1 aliphatic heterocycles. The van der Waals surface area contributed by atoms with Gasteiger partial charge >= 0.3 is 6.09 Å². The van der Waals surface area contributed by atoms with E-state index in [0.717, 1.165) is 5.56 Å². The number of hydrogen-bond donors (Lipinski definition) is 2. The van der Waals surface area contributed by atoms with Crippen LogP contribution < -0.4 is 5.73 Å². The Bertz CT molecular complexity index is 393. The highest BCUT2D eigenvalue weighted by atomic mass is 19.1. The third-order valence-electron chi connectivity index (χ3n) is 2.93. The predicted octanol–water partition coefficient (Wildman–Crippen LogP) is 1.23. The van der Waals surface area contributed by atoms with Gasteiger partial charge in [0.05, 0.1) is 0 Å². The average Bonchev–Trinajstić information content (AvgIpc) is 2.62. The Morgan fingerprint density at radius 3 is 2.50 bits per heavy atom. The van der Waals surface area contributed by atoms with Crippen LogP contribution in [0.3, 0.4) is 0 Å². The standard InChI is InChI=1S/C11H13FN2O2/c12-8-3-1-7(2-4-8)9-5-14(11(15)16)6-10(9)13/h1-4,9-10H,5-6,13H2,(H,15,16)/t9-,10+/m1/s1. The van der Waals surface area contributed by atoms with Crippen LogP contribution in [0, 0.1) is 5.82 Å². The van der Waals surface area contributed by atoms with Crippen LogP contribution in [0.4, 0.5) is 9.18 Å². The molecule has 0 bridgehead atoms. The minimum Gasteiger partial charge on any atom is -0.465 e. The summed E-state index contributed by atoms with van der Waals surface area (Å²) in [6, 6.07) is 5.83. The molecule has 0 unspecified atom stereocenters. The van der Waals surface area contributed by atoms with Crippen molar-refractivity contribution in [3.8, 4) is 0 Å². The molecule has 0 aromatic heterocycles. The van der Waals surface area contributed by atoms with Gasteiger partial charge in [0.2, 0.25) is 0 Å². The topological polar surface area (TPSA) is 66.6 Å². The van der Waals surface area contributed by atoms with E-state index in [1.807, 2.05) is 0 Å². The van der Waals surface area contributed by atoms with Crippen molar-refractivity contribution in [2.24, 2.45) is 5.73 Å². The average molecular weight is 224 g/mol. The highest BCUT2D eigenvalue weighted by Crippen LogP contribution is 2.26. The van der Waals surface area contributed by atoms with Crippen molar-refractivity contribution >= 4 is 6.09 Å². The summed E-state index contributed by atoms with van der Waals surface area (Å²) in [5.41, 5.74) is 6.77. The number of hydrogen-bond acceptors (Lipinski definition) is 2. The molecule has 1 heterocycles. The Labute approximate surface area is 92.5 Å². The van der Waals surface area contributed by atoms with E-state index in [4.69, 9.17) is 10.8 Å². The van der Waals surface area contributed by atoms with Gasteiger partial charge in [0.1, 0.15) is 5.82 Å². The third-order valence-corrected chi connectivity index (χ3v) is 2.93. The van der Waals surface area contributed by atoms with Gasteiger partial charge in [0, 0.05) is 25.0 Å². The van der Waals surface area contributed by atoms with Crippen molar-refractivity contribution in [1.82, 2.24) is 4.90 Å². The summed E-state index contributed by atoms with van der Waals surface area (Å²) in [6.45, 7) is 0.708. The van der Waals surface area contributed by atoms with Crippen molar-refractivity contribution in [2.75, 3.05) is 13.1 Å². The lowest BCUT2D eigenvalue weighted by atomic mass is 9.95. The fourth-order valence-corrected chi connectivity index (χ4v) is 2.05. The number of benzene rings is 1. The Balaban J connectivity index is 2.16. The van der Waals surface area contributed by atoms with Crippen molar-refractivity contribution in [3.05, 3.63) is 35.6 Å². The van der Waals surface area contributed by atoms with Gasteiger partial charge in [-0.05, 0) is 17.7 Å². The summed E-state index contributed by atoms with van der Waals surface area (Å²) < 4.78 is 12.7. The maximum absolute atomic E-state index is 12.7. The normalized spacial score (nSPS) is 24.8. The van der Waals surface area contributed by atoms with Crippen LogP contribution in [-0.4, -0.2) is 35.2 Å². The molecule has 86 valence electrons. The second kappa shape index (κ2) is 4.09. The number of halogens is 1. The van der Waals surface area contributed by atoms with Crippen LogP contribution in [0.5, 0.6) is 0 Å². The van der Waals surface area contributed by atoms with Crippen LogP contribution in [0.25, 0.3) is 0 Å². The molecule has 16 heavy (non-hydrogen) atoms. The molecule has 2 atom stereocenters. The van der Waals surface area contributed by atoms with Gasteiger partial charge in [0.15, 0.2) is 0 Å². The zero-order chi connectivity index (χ0) is 11.7. The minimum absolute atomic E-state index is 0.0447. The summed E-state index contributed by atoms with van der Waals surface area (Å²) >= 11 is 0. The molecule has 3 N–H and O–H groups in total. The molecular formula is C11H13FN2O2. The van der Waals surface area contributed by atoms with Crippen LogP contribution in [0.15, 0.2) is 24.3 Å². The van der Waals surface area contributed by atoms with Gasteiger partial charge in [-0.15, -0.1) is 0 Å². The number of carboxylic acid groups (broad SMARTS) is 1. The van der Waals surface area contributed by atoms with E-state index in [2.05, 4.69) is 0 Å². The lowest BCUT2D eigenvalue weighted by Gasteiger charge is -2.14. The summed E-state index contributed by atoms with van der Waals surface area (Å²) in [5, 5.41) is 8.85. The molecule has 1 amide bonds. The van der Waals surface area contributed by atoms with Crippen LogP contribution in [0.1, 0.15) is 11.5 Å². The van der Waals surface area contributed by atoms with E-state index in [1.165, 1.54) is 17.0 Å². The number of nitrogens with two attached hydrogens (primary N) is 1. The monoisotopic (exact) mass is 224 g/mol. The highest BCUT2D eigenvalue weighted by Gasteiger charge is 2.33. The Kier molecular flexibility index (Phi) is 2.78.